The highest BCUT2D eigenvalue weighted by Gasteiger charge is 2.06. The fourth-order valence-electron chi connectivity index (χ4n) is 1.24. The van der Waals surface area contributed by atoms with Gasteiger partial charge in [0, 0.05) is 26.0 Å². The van der Waals surface area contributed by atoms with Crippen molar-refractivity contribution in [1.29, 1.82) is 0 Å². The van der Waals surface area contributed by atoms with Crippen molar-refractivity contribution in [3.05, 3.63) is 35.4 Å². The Balaban J connectivity index is 2.60. The van der Waals surface area contributed by atoms with Gasteiger partial charge < -0.3 is 4.74 Å². The van der Waals surface area contributed by atoms with Crippen LogP contribution in [0, 0.1) is 11.6 Å². The molecule has 82 valence electrons. The molecule has 0 heterocycles. The van der Waals surface area contributed by atoms with Gasteiger partial charge in [-0.3, -0.25) is 4.79 Å². The van der Waals surface area contributed by atoms with Gasteiger partial charge in [0.15, 0.2) is 0 Å². The highest BCUT2D eigenvalue weighted by atomic mass is 19.1. The molecule has 4 heteroatoms. The smallest absolute Gasteiger partial charge is 0.139 e. The van der Waals surface area contributed by atoms with E-state index in [1.807, 2.05) is 0 Å². The third kappa shape index (κ3) is 4.16. The van der Waals surface area contributed by atoms with E-state index in [9.17, 15) is 13.6 Å². The fraction of sp³-hybridized carbons (Fsp3) is 0.364. The molecule has 0 unspecified atom stereocenters. The fourth-order valence-corrected chi connectivity index (χ4v) is 1.24. The first-order valence-corrected chi connectivity index (χ1v) is 4.57. The molecule has 0 aliphatic heterocycles. The summed E-state index contributed by atoms with van der Waals surface area (Å²) in [5, 5.41) is 0. The van der Waals surface area contributed by atoms with E-state index < -0.39 is 11.6 Å². The van der Waals surface area contributed by atoms with Crippen LogP contribution in [0.5, 0.6) is 0 Å². The Bertz CT molecular complexity index is 330. The maximum Gasteiger partial charge on any atom is 0.139 e. The second-order valence-corrected chi connectivity index (χ2v) is 3.24. The van der Waals surface area contributed by atoms with E-state index in [1.165, 1.54) is 7.11 Å². The van der Waals surface area contributed by atoms with Gasteiger partial charge >= 0.3 is 0 Å². The molecule has 0 amide bonds. The Morgan fingerprint density at radius 2 is 1.87 bits per heavy atom. The Labute approximate surface area is 86.9 Å². The minimum absolute atomic E-state index is 0.0397. The molecule has 15 heavy (non-hydrogen) atoms. The van der Waals surface area contributed by atoms with E-state index in [4.69, 9.17) is 4.74 Å². The monoisotopic (exact) mass is 214 g/mol. The van der Waals surface area contributed by atoms with Gasteiger partial charge in [-0.15, -0.1) is 0 Å². The number of halogens is 2. The summed E-state index contributed by atoms with van der Waals surface area (Å²) in [5.41, 5.74) is 0.355. The standard InChI is InChI=1S/C11H12F2O2/c1-15-3-2-11(14)6-8-4-9(12)7-10(13)5-8/h4-5,7H,2-3,6H2,1H3. The Morgan fingerprint density at radius 1 is 1.27 bits per heavy atom. The first kappa shape index (κ1) is 11.8. The van der Waals surface area contributed by atoms with E-state index in [0.717, 1.165) is 18.2 Å². The summed E-state index contributed by atoms with van der Waals surface area (Å²) in [5.74, 6) is -1.42. The zero-order valence-corrected chi connectivity index (χ0v) is 8.43. The third-order valence-corrected chi connectivity index (χ3v) is 1.91. The van der Waals surface area contributed by atoms with Crippen molar-refractivity contribution in [3.63, 3.8) is 0 Å². The van der Waals surface area contributed by atoms with Gasteiger partial charge in [0.05, 0.1) is 6.61 Å². The second-order valence-electron chi connectivity index (χ2n) is 3.24. The summed E-state index contributed by atoms with van der Waals surface area (Å²) in [6, 6.07) is 3.10. The molecule has 0 spiro atoms. The van der Waals surface area contributed by atoms with Crippen LogP contribution in [0.2, 0.25) is 0 Å². The van der Waals surface area contributed by atoms with Crippen LogP contribution < -0.4 is 0 Å². The number of methoxy groups -OCH3 is 1. The molecule has 0 fully saturated rings. The van der Waals surface area contributed by atoms with Gasteiger partial charge in [0.25, 0.3) is 0 Å². The number of hydrogen-bond donors (Lipinski definition) is 0. The normalized spacial score (nSPS) is 10.3. The van der Waals surface area contributed by atoms with Crippen LogP contribution in [0.25, 0.3) is 0 Å². The molecule has 0 aliphatic carbocycles. The van der Waals surface area contributed by atoms with E-state index >= 15 is 0 Å². The van der Waals surface area contributed by atoms with Crippen molar-refractivity contribution in [3.8, 4) is 0 Å². The van der Waals surface area contributed by atoms with Gasteiger partial charge in [-0.2, -0.15) is 0 Å². The summed E-state index contributed by atoms with van der Waals surface area (Å²) in [7, 11) is 1.50. The maximum absolute atomic E-state index is 12.8. The van der Waals surface area contributed by atoms with Crippen LogP contribution in [-0.2, 0) is 16.0 Å². The molecule has 2 nitrogen and oxygen atoms in total. The molecule has 0 bridgehead atoms. The van der Waals surface area contributed by atoms with Crippen molar-refractivity contribution in [2.24, 2.45) is 0 Å². The molecular weight excluding hydrogens is 202 g/mol. The van der Waals surface area contributed by atoms with Crippen molar-refractivity contribution < 1.29 is 18.3 Å². The summed E-state index contributed by atoms with van der Waals surface area (Å²) < 4.78 is 30.2. The molecule has 0 atom stereocenters. The molecular formula is C11H12F2O2. The number of hydrogen-bond acceptors (Lipinski definition) is 2. The maximum atomic E-state index is 12.8. The molecule has 1 aromatic rings. The van der Waals surface area contributed by atoms with Crippen LogP contribution in [0.1, 0.15) is 12.0 Å². The first-order chi connectivity index (χ1) is 7.11. The zero-order valence-electron chi connectivity index (χ0n) is 8.43. The summed E-state index contributed by atoms with van der Waals surface area (Å²) in [6.45, 7) is 0.330. The van der Waals surface area contributed by atoms with Gasteiger partial charge in [-0.05, 0) is 17.7 Å². The Kier molecular flexibility index (Phi) is 4.37. The third-order valence-electron chi connectivity index (χ3n) is 1.91. The van der Waals surface area contributed by atoms with Crippen molar-refractivity contribution in [1.82, 2.24) is 0 Å². The van der Waals surface area contributed by atoms with Gasteiger partial charge in [0.2, 0.25) is 0 Å². The van der Waals surface area contributed by atoms with Gasteiger partial charge in [0.1, 0.15) is 17.4 Å². The van der Waals surface area contributed by atoms with Gasteiger partial charge in [-0.1, -0.05) is 0 Å². The quantitative estimate of drug-likeness (QED) is 0.750. The number of ether oxygens (including phenoxy) is 1. The lowest BCUT2D eigenvalue weighted by Gasteiger charge is -2.01. The topological polar surface area (TPSA) is 26.3 Å². The van der Waals surface area contributed by atoms with Gasteiger partial charge in [-0.25, -0.2) is 8.78 Å². The molecule has 1 rings (SSSR count). The van der Waals surface area contributed by atoms with Crippen LogP contribution >= 0.6 is 0 Å². The molecule has 1 aromatic carbocycles. The molecule has 0 N–H and O–H groups in total. The van der Waals surface area contributed by atoms with E-state index in [2.05, 4.69) is 0 Å². The second kappa shape index (κ2) is 5.56. The van der Waals surface area contributed by atoms with Crippen LogP contribution in [-0.4, -0.2) is 19.5 Å². The molecule has 0 aromatic heterocycles. The lowest BCUT2D eigenvalue weighted by molar-refractivity contribution is -0.119. The SMILES string of the molecule is COCCC(=O)Cc1cc(F)cc(F)c1. The molecule has 0 saturated carbocycles. The summed E-state index contributed by atoms with van der Waals surface area (Å²) in [6.07, 6.45) is 0.298. The number of ketones is 1. The number of carbonyl (C=O) groups is 1. The van der Waals surface area contributed by atoms with Crippen LogP contribution in [0.3, 0.4) is 0 Å². The Morgan fingerprint density at radius 3 is 2.40 bits per heavy atom. The Hall–Kier alpha value is -1.29. The minimum atomic E-state index is -0.662. The van der Waals surface area contributed by atoms with E-state index in [0.29, 0.717) is 12.2 Å². The summed E-state index contributed by atoms with van der Waals surface area (Å²) in [4.78, 5) is 11.3. The minimum Gasteiger partial charge on any atom is -0.384 e. The lowest BCUT2D eigenvalue weighted by Crippen LogP contribution is -2.06. The van der Waals surface area contributed by atoms with Crippen molar-refractivity contribution in [2.75, 3.05) is 13.7 Å². The molecule has 0 radical (unpaired) electrons. The highest BCUT2D eigenvalue weighted by Crippen LogP contribution is 2.09. The van der Waals surface area contributed by atoms with Crippen LogP contribution in [0.4, 0.5) is 8.78 Å². The largest absolute Gasteiger partial charge is 0.384 e. The number of Topliss-reactive ketones (excluding diaryl/α,β-unsaturated/α-hetero) is 1. The zero-order chi connectivity index (χ0) is 11.3. The first-order valence-electron chi connectivity index (χ1n) is 4.57. The summed E-state index contributed by atoms with van der Waals surface area (Å²) >= 11 is 0. The predicted octanol–water partition coefficient (Wildman–Crippen LogP) is 2.11. The highest BCUT2D eigenvalue weighted by molar-refractivity contribution is 5.80. The lowest BCUT2D eigenvalue weighted by atomic mass is 10.1. The van der Waals surface area contributed by atoms with Crippen LogP contribution in [0.15, 0.2) is 18.2 Å². The molecule has 0 aliphatic rings. The van der Waals surface area contributed by atoms with E-state index in [1.54, 1.807) is 0 Å². The average molecular weight is 214 g/mol. The number of benzene rings is 1. The van der Waals surface area contributed by atoms with E-state index in [-0.39, 0.29) is 18.6 Å². The number of carbonyl (C=O) groups excluding carboxylic acids is 1. The predicted molar refractivity (Wildman–Crippen MR) is 51.6 cm³/mol. The van der Waals surface area contributed by atoms with Crippen molar-refractivity contribution >= 4 is 5.78 Å². The average Bonchev–Trinajstić information content (AvgIpc) is 2.13. The van der Waals surface area contributed by atoms with Crippen molar-refractivity contribution in [2.45, 2.75) is 12.8 Å². The number of rotatable bonds is 5. The molecule has 0 saturated heterocycles.